The van der Waals surface area contributed by atoms with Crippen LogP contribution in [-0.4, -0.2) is 35.0 Å². The Labute approximate surface area is 169 Å². The third-order valence-electron chi connectivity index (χ3n) is 4.54. The van der Waals surface area contributed by atoms with Crippen molar-refractivity contribution in [1.29, 1.82) is 0 Å². The van der Waals surface area contributed by atoms with Gasteiger partial charge in [-0.1, -0.05) is 20.8 Å². The van der Waals surface area contributed by atoms with Gasteiger partial charge in [0.05, 0.1) is 5.56 Å². The van der Waals surface area contributed by atoms with E-state index in [-0.39, 0.29) is 17.4 Å². The average molecular weight is 417 g/mol. The third kappa shape index (κ3) is 3.36. The van der Waals surface area contributed by atoms with Gasteiger partial charge < -0.3 is 4.74 Å². The zero-order valence-electron chi connectivity index (χ0n) is 16.6. The van der Waals surface area contributed by atoms with Crippen LogP contribution in [0.15, 0.2) is 24.5 Å². The van der Waals surface area contributed by atoms with Gasteiger partial charge in [0.25, 0.3) is 0 Å². The highest BCUT2D eigenvalue weighted by Gasteiger charge is 2.27. The number of hydrogen-bond donors (Lipinski definition) is 1. The van der Waals surface area contributed by atoms with E-state index in [0.717, 1.165) is 10.6 Å². The summed E-state index contributed by atoms with van der Waals surface area (Å²) in [5.41, 5.74) is -0.127. The molecule has 0 fully saturated rings. The summed E-state index contributed by atoms with van der Waals surface area (Å²) in [7, 11) is 0. The molecule has 3 heterocycles. The number of rotatable bonds is 4. The van der Waals surface area contributed by atoms with Crippen LogP contribution in [0.25, 0.3) is 17.0 Å². The zero-order chi connectivity index (χ0) is 21.6. The first-order valence-electron chi connectivity index (χ1n) is 9.09. The molecule has 0 radical (unpaired) electrons. The fourth-order valence-corrected chi connectivity index (χ4v) is 2.96. The second-order valence-corrected chi connectivity index (χ2v) is 7.76. The molecule has 1 unspecified atom stereocenters. The van der Waals surface area contributed by atoms with Gasteiger partial charge in [-0.2, -0.15) is 9.61 Å². The Morgan fingerprint density at radius 3 is 2.50 bits per heavy atom. The average Bonchev–Trinajstić information content (AvgIpc) is 3.34. The molecule has 1 atom stereocenters. The number of nitrogens with zero attached hydrogens (tertiary/aromatic N) is 6. The van der Waals surface area contributed by atoms with E-state index in [1.165, 1.54) is 6.33 Å². The van der Waals surface area contributed by atoms with Crippen LogP contribution in [-0.2, 0) is 5.41 Å². The minimum absolute atomic E-state index is 0.192. The van der Waals surface area contributed by atoms with Crippen LogP contribution in [0.3, 0.4) is 0 Å². The summed E-state index contributed by atoms with van der Waals surface area (Å²) < 4.78 is 49.5. The van der Waals surface area contributed by atoms with Gasteiger partial charge in [-0.05, 0) is 30.5 Å². The zero-order valence-corrected chi connectivity index (χ0v) is 16.6. The quantitative estimate of drug-likeness (QED) is 0.508. The lowest BCUT2D eigenvalue weighted by Crippen LogP contribution is -2.18. The molecule has 0 bridgehead atoms. The van der Waals surface area contributed by atoms with E-state index in [0.29, 0.717) is 17.5 Å². The molecule has 156 valence electrons. The standard InChI is InChI=1S/C19H18F3N7O/c1-9(16-23-8-24-26-16)30-18-10(19(2,3)4)7-13-25-27-17(29(13)28-18)14-11(20)5-6-12(21)15(14)22/h5-9H,1-4H3,(H,23,24,26). The highest BCUT2D eigenvalue weighted by molar-refractivity contribution is 5.61. The Hall–Kier alpha value is -3.50. The number of fused-ring (bicyclic) bond motifs is 1. The van der Waals surface area contributed by atoms with Crippen LogP contribution < -0.4 is 4.74 Å². The van der Waals surface area contributed by atoms with E-state index in [1.54, 1.807) is 13.0 Å². The highest BCUT2D eigenvalue weighted by atomic mass is 19.2. The predicted octanol–water partition coefficient (Wildman–Crippen LogP) is 3.76. The molecule has 30 heavy (non-hydrogen) atoms. The summed E-state index contributed by atoms with van der Waals surface area (Å²) in [5, 5.41) is 18.7. The number of benzene rings is 1. The third-order valence-corrected chi connectivity index (χ3v) is 4.54. The Morgan fingerprint density at radius 2 is 1.83 bits per heavy atom. The molecule has 1 N–H and O–H groups in total. The first-order chi connectivity index (χ1) is 14.2. The number of nitrogens with one attached hydrogen (secondary N) is 1. The molecule has 11 heteroatoms. The fourth-order valence-electron chi connectivity index (χ4n) is 2.96. The summed E-state index contributed by atoms with van der Waals surface area (Å²) in [6, 6.07) is 3.19. The van der Waals surface area contributed by atoms with Gasteiger partial charge >= 0.3 is 0 Å². The van der Waals surface area contributed by atoms with Crippen molar-refractivity contribution in [2.24, 2.45) is 0 Å². The molecule has 8 nitrogen and oxygen atoms in total. The van der Waals surface area contributed by atoms with E-state index >= 15 is 0 Å². The lowest BCUT2D eigenvalue weighted by atomic mass is 9.88. The molecule has 0 saturated heterocycles. The van der Waals surface area contributed by atoms with Gasteiger partial charge in [0.15, 0.2) is 35.0 Å². The van der Waals surface area contributed by atoms with Crippen molar-refractivity contribution in [3.63, 3.8) is 0 Å². The van der Waals surface area contributed by atoms with Crippen molar-refractivity contribution in [2.45, 2.75) is 39.2 Å². The number of hydrogen-bond acceptors (Lipinski definition) is 6. The minimum Gasteiger partial charge on any atom is -0.465 e. The van der Waals surface area contributed by atoms with E-state index < -0.39 is 34.5 Å². The molecule has 0 aliphatic rings. The number of halogens is 3. The van der Waals surface area contributed by atoms with Gasteiger partial charge in [0.2, 0.25) is 5.88 Å². The Balaban J connectivity index is 1.90. The van der Waals surface area contributed by atoms with Crippen LogP contribution in [0.1, 0.15) is 45.2 Å². The van der Waals surface area contributed by atoms with E-state index in [4.69, 9.17) is 4.74 Å². The molecular weight excluding hydrogens is 399 g/mol. The van der Waals surface area contributed by atoms with Gasteiger partial charge in [-0.3, -0.25) is 5.10 Å². The van der Waals surface area contributed by atoms with Crippen LogP contribution in [0.2, 0.25) is 0 Å². The normalized spacial score (nSPS) is 13.0. The Kier molecular flexibility index (Phi) is 4.67. The topological polar surface area (TPSA) is 93.9 Å². The van der Waals surface area contributed by atoms with Crippen LogP contribution in [0.5, 0.6) is 5.88 Å². The van der Waals surface area contributed by atoms with Crippen LogP contribution >= 0.6 is 0 Å². The number of ether oxygens (including phenoxy) is 1. The lowest BCUT2D eigenvalue weighted by Gasteiger charge is -2.23. The lowest BCUT2D eigenvalue weighted by molar-refractivity contribution is 0.199. The smallest absolute Gasteiger partial charge is 0.236 e. The summed E-state index contributed by atoms with van der Waals surface area (Å²) in [4.78, 5) is 4.06. The van der Waals surface area contributed by atoms with Gasteiger partial charge in [-0.25, -0.2) is 18.2 Å². The highest BCUT2D eigenvalue weighted by Crippen LogP contribution is 2.34. The first kappa shape index (κ1) is 19.8. The van der Waals surface area contributed by atoms with Crippen molar-refractivity contribution < 1.29 is 17.9 Å². The summed E-state index contributed by atoms with van der Waals surface area (Å²) in [6.07, 6.45) is 0.810. The molecule has 3 aromatic heterocycles. The minimum atomic E-state index is -1.37. The number of H-pyrrole nitrogens is 1. The SMILES string of the molecule is CC(Oc1nn2c(-c3c(F)ccc(F)c3F)nnc2cc1C(C)(C)C)c1ncn[nH]1. The second-order valence-electron chi connectivity index (χ2n) is 7.76. The van der Waals surface area contributed by atoms with Crippen LogP contribution in [0.4, 0.5) is 13.2 Å². The van der Waals surface area contributed by atoms with E-state index in [1.807, 2.05) is 20.8 Å². The second kappa shape index (κ2) is 7.08. The molecular formula is C19H18F3N7O. The molecule has 0 spiro atoms. The Bertz CT molecular complexity index is 1220. The van der Waals surface area contributed by atoms with Crippen molar-refractivity contribution in [1.82, 2.24) is 35.0 Å². The molecule has 4 rings (SSSR count). The maximum Gasteiger partial charge on any atom is 0.236 e. The molecule has 1 aromatic carbocycles. The summed E-state index contributed by atoms with van der Waals surface area (Å²) in [6.45, 7) is 7.61. The maximum absolute atomic E-state index is 14.3. The van der Waals surface area contributed by atoms with E-state index in [9.17, 15) is 13.2 Å². The van der Waals surface area contributed by atoms with Crippen molar-refractivity contribution in [2.75, 3.05) is 0 Å². The molecule has 0 saturated carbocycles. The monoisotopic (exact) mass is 417 g/mol. The van der Waals surface area contributed by atoms with Crippen molar-refractivity contribution in [3.8, 4) is 17.3 Å². The first-order valence-corrected chi connectivity index (χ1v) is 9.09. The maximum atomic E-state index is 14.3. The molecule has 4 aromatic rings. The van der Waals surface area contributed by atoms with Crippen molar-refractivity contribution >= 4 is 5.65 Å². The number of aromatic nitrogens is 7. The van der Waals surface area contributed by atoms with Crippen LogP contribution in [0, 0.1) is 17.5 Å². The molecule has 0 aliphatic carbocycles. The van der Waals surface area contributed by atoms with Gasteiger partial charge in [-0.15, -0.1) is 15.3 Å². The predicted molar refractivity (Wildman–Crippen MR) is 100 cm³/mol. The molecule has 0 aliphatic heterocycles. The van der Waals surface area contributed by atoms with Gasteiger partial charge in [0.1, 0.15) is 12.1 Å². The van der Waals surface area contributed by atoms with Crippen molar-refractivity contribution in [3.05, 3.63) is 53.4 Å². The van der Waals surface area contributed by atoms with Gasteiger partial charge in [0, 0.05) is 5.56 Å². The molecule has 0 amide bonds. The fraction of sp³-hybridized carbons (Fsp3) is 0.316. The summed E-state index contributed by atoms with van der Waals surface area (Å²) >= 11 is 0. The Morgan fingerprint density at radius 1 is 1.10 bits per heavy atom. The van der Waals surface area contributed by atoms with E-state index in [2.05, 4.69) is 30.5 Å². The summed E-state index contributed by atoms with van der Waals surface area (Å²) in [5.74, 6) is -3.17. The number of aromatic amines is 1. The largest absolute Gasteiger partial charge is 0.465 e.